The molecule has 3 N–H and O–H groups in total. The Morgan fingerprint density at radius 3 is 3.00 bits per heavy atom. The number of rotatable bonds is 6. The number of hydrogen-bond acceptors (Lipinski definition) is 6. The zero-order chi connectivity index (χ0) is 15.4. The molecule has 1 heterocycles. The standard InChI is InChI=1S/C13H17N3O5/c1-2-3-8(17)6-14-9-4-10-12(5-11(9)16(19)20)21-7-13(18)15-10/h4-5,8,14,17H,2-3,6-7H2,1H3,(H,15,18). The number of nitro benzene ring substituents is 1. The number of ether oxygens (including phenoxy) is 1. The smallest absolute Gasteiger partial charge is 0.296 e. The maximum absolute atomic E-state index is 11.3. The number of amides is 1. The Balaban J connectivity index is 2.23. The van der Waals surface area contributed by atoms with Crippen LogP contribution in [0.2, 0.25) is 0 Å². The first-order chi connectivity index (χ1) is 10.0. The van der Waals surface area contributed by atoms with Crippen LogP contribution in [-0.4, -0.2) is 35.2 Å². The lowest BCUT2D eigenvalue weighted by atomic mass is 10.1. The first-order valence-electron chi connectivity index (χ1n) is 6.68. The molecule has 1 unspecified atom stereocenters. The summed E-state index contributed by atoms with van der Waals surface area (Å²) in [5.41, 5.74) is 0.456. The van der Waals surface area contributed by atoms with Gasteiger partial charge in [0.05, 0.1) is 22.8 Å². The van der Waals surface area contributed by atoms with Gasteiger partial charge in [-0.3, -0.25) is 14.9 Å². The second-order valence-corrected chi connectivity index (χ2v) is 4.78. The van der Waals surface area contributed by atoms with Crippen LogP contribution < -0.4 is 15.4 Å². The molecule has 1 atom stereocenters. The monoisotopic (exact) mass is 295 g/mol. The fourth-order valence-electron chi connectivity index (χ4n) is 2.07. The van der Waals surface area contributed by atoms with E-state index in [0.717, 1.165) is 6.42 Å². The Morgan fingerprint density at radius 2 is 2.33 bits per heavy atom. The minimum Gasteiger partial charge on any atom is -0.481 e. The van der Waals surface area contributed by atoms with Crippen molar-refractivity contribution in [3.8, 4) is 5.75 Å². The van der Waals surface area contributed by atoms with Gasteiger partial charge in [-0.05, 0) is 12.5 Å². The van der Waals surface area contributed by atoms with Crippen LogP contribution >= 0.6 is 0 Å². The van der Waals surface area contributed by atoms with Crippen molar-refractivity contribution in [2.24, 2.45) is 0 Å². The van der Waals surface area contributed by atoms with E-state index in [0.29, 0.717) is 12.1 Å². The summed E-state index contributed by atoms with van der Waals surface area (Å²) in [5.74, 6) is -0.0470. The molecular formula is C13H17N3O5. The maximum Gasteiger partial charge on any atom is 0.296 e. The van der Waals surface area contributed by atoms with Crippen LogP contribution in [0.25, 0.3) is 0 Å². The topological polar surface area (TPSA) is 114 Å². The van der Waals surface area contributed by atoms with Crippen molar-refractivity contribution >= 4 is 23.0 Å². The summed E-state index contributed by atoms with van der Waals surface area (Å²) in [6.45, 7) is 1.98. The SMILES string of the molecule is CCCC(O)CNc1cc2c(cc1[N+](=O)[O-])OCC(=O)N2. The van der Waals surface area contributed by atoms with Gasteiger partial charge in [0.15, 0.2) is 12.4 Å². The Kier molecular flexibility index (Phi) is 4.59. The van der Waals surface area contributed by atoms with Crippen LogP contribution in [0.3, 0.4) is 0 Å². The summed E-state index contributed by atoms with van der Waals surface area (Å²) in [5, 5.41) is 26.2. The molecular weight excluding hydrogens is 278 g/mol. The number of nitro groups is 1. The Hall–Kier alpha value is -2.35. The predicted octanol–water partition coefficient (Wildman–Crippen LogP) is 1.50. The van der Waals surface area contributed by atoms with Crippen molar-refractivity contribution in [3.63, 3.8) is 0 Å². The number of carbonyl (C=O) groups is 1. The van der Waals surface area contributed by atoms with Crippen LogP contribution in [0.15, 0.2) is 12.1 Å². The van der Waals surface area contributed by atoms with E-state index in [2.05, 4.69) is 10.6 Å². The molecule has 1 amide bonds. The van der Waals surface area contributed by atoms with Gasteiger partial charge in [0.2, 0.25) is 0 Å². The van der Waals surface area contributed by atoms with Crippen LogP contribution in [-0.2, 0) is 4.79 Å². The lowest BCUT2D eigenvalue weighted by molar-refractivity contribution is -0.384. The molecule has 0 bridgehead atoms. The summed E-state index contributed by atoms with van der Waals surface area (Å²) in [6, 6.07) is 2.71. The van der Waals surface area contributed by atoms with Gasteiger partial charge in [-0.1, -0.05) is 13.3 Å². The van der Waals surface area contributed by atoms with E-state index in [-0.39, 0.29) is 36.2 Å². The number of carbonyl (C=O) groups excluding carboxylic acids is 1. The van der Waals surface area contributed by atoms with E-state index in [1.165, 1.54) is 12.1 Å². The Labute approximate surface area is 121 Å². The summed E-state index contributed by atoms with van der Waals surface area (Å²) in [4.78, 5) is 21.8. The molecule has 1 aromatic rings. The van der Waals surface area contributed by atoms with Crippen molar-refractivity contribution in [1.82, 2.24) is 0 Å². The predicted molar refractivity (Wildman–Crippen MR) is 76.6 cm³/mol. The van der Waals surface area contributed by atoms with Gasteiger partial charge in [-0.15, -0.1) is 0 Å². The molecule has 1 aliphatic heterocycles. The van der Waals surface area contributed by atoms with E-state index in [4.69, 9.17) is 4.74 Å². The average Bonchev–Trinajstić information content (AvgIpc) is 2.44. The normalized spacial score (nSPS) is 14.7. The number of aliphatic hydroxyl groups is 1. The van der Waals surface area contributed by atoms with E-state index in [9.17, 15) is 20.0 Å². The molecule has 0 spiro atoms. The highest BCUT2D eigenvalue weighted by atomic mass is 16.6. The highest BCUT2D eigenvalue weighted by Crippen LogP contribution is 2.37. The quantitative estimate of drug-likeness (QED) is 0.541. The molecule has 2 rings (SSSR count). The zero-order valence-corrected chi connectivity index (χ0v) is 11.6. The first-order valence-corrected chi connectivity index (χ1v) is 6.68. The van der Waals surface area contributed by atoms with Crippen LogP contribution in [0.4, 0.5) is 17.1 Å². The molecule has 0 aromatic heterocycles. The molecule has 8 nitrogen and oxygen atoms in total. The van der Waals surface area contributed by atoms with Gasteiger partial charge in [-0.2, -0.15) is 0 Å². The second-order valence-electron chi connectivity index (χ2n) is 4.78. The third-order valence-electron chi connectivity index (χ3n) is 3.08. The molecule has 114 valence electrons. The number of aliphatic hydroxyl groups excluding tert-OH is 1. The van der Waals surface area contributed by atoms with Gasteiger partial charge in [0.1, 0.15) is 5.69 Å². The Bertz CT molecular complexity index is 561. The van der Waals surface area contributed by atoms with Crippen LogP contribution in [0, 0.1) is 10.1 Å². The third-order valence-corrected chi connectivity index (χ3v) is 3.08. The number of hydrogen-bond donors (Lipinski definition) is 3. The summed E-state index contributed by atoms with van der Waals surface area (Å²) >= 11 is 0. The summed E-state index contributed by atoms with van der Waals surface area (Å²) in [6.07, 6.45) is 0.835. The summed E-state index contributed by atoms with van der Waals surface area (Å²) < 4.78 is 5.15. The van der Waals surface area contributed by atoms with Gasteiger partial charge >= 0.3 is 0 Å². The van der Waals surface area contributed by atoms with Gasteiger partial charge in [0, 0.05) is 6.54 Å². The molecule has 0 saturated heterocycles. The van der Waals surface area contributed by atoms with Crippen molar-refractivity contribution < 1.29 is 19.6 Å². The summed E-state index contributed by atoms with van der Waals surface area (Å²) in [7, 11) is 0. The average molecular weight is 295 g/mol. The van der Waals surface area contributed by atoms with Gasteiger partial charge < -0.3 is 20.5 Å². The van der Waals surface area contributed by atoms with E-state index < -0.39 is 11.0 Å². The van der Waals surface area contributed by atoms with Gasteiger partial charge in [-0.25, -0.2) is 0 Å². The van der Waals surface area contributed by atoms with E-state index >= 15 is 0 Å². The number of anilines is 2. The lowest BCUT2D eigenvalue weighted by Crippen LogP contribution is -2.26. The molecule has 0 saturated carbocycles. The molecule has 1 aromatic carbocycles. The number of nitrogens with zero attached hydrogens (tertiary/aromatic N) is 1. The molecule has 0 fully saturated rings. The van der Waals surface area contributed by atoms with Crippen molar-refractivity contribution in [3.05, 3.63) is 22.2 Å². The zero-order valence-electron chi connectivity index (χ0n) is 11.6. The lowest BCUT2D eigenvalue weighted by Gasteiger charge is -2.19. The minimum absolute atomic E-state index is 0.159. The fraction of sp³-hybridized carbons (Fsp3) is 0.462. The minimum atomic E-state index is -0.587. The van der Waals surface area contributed by atoms with Crippen molar-refractivity contribution in [2.75, 3.05) is 23.8 Å². The molecule has 0 radical (unpaired) electrons. The van der Waals surface area contributed by atoms with Gasteiger partial charge in [0.25, 0.3) is 11.6 Å². The number of nitrogens with one attached hydrogen (secondary N) is 2. The highest BCUT2D eigenvalue weighted by molar-refractivity contribution is 5.96. The molecule has 0 aliphatic carbocycles. The highest BCUT2D eigenvalue weighted by Gasteiger charge is 2.23. The maximum atomic E-state index is 11.3. The Morgan fingerprint density at radius 1 is 1.57 bits per heavy atom. The largest absolute Gasteiger partial charge is 0.481 e. The number of benzene rings is 1. The van der Waals surface area contributed by atoms with E-state index in [1.807, 2.05) is 6.92 Å². The van der Waals surface area contributed by atoms with Crippen molar-refractivity contribution in [2.45, 2.75) is 25.9 Å². The number of fused-ring (bicyclic) bond motifs is 1. The fourth-order valence-corrected chi connectivity index (χ4v) is 2.07. The van der Waals surface area contributed by atoms with Crippen LogP contribution in [0.1, 0.15) is 19.8 Å². The third kappa shape index (κ3) is 3.60. The van der Waals surface area contributed by atoms with Crippen molar-refractivity contribution in [1.29, 1.82) is 0 Å². The van der Waals surface area contributed by atoms with Crippen LogP contribution in [0.5, 0.6) is 5.75 Å². The van der Waals surface area contributed by atoms with E-state index in [1.54, 1.807) is 0 Å². The first kappa shape index (κ1) is 15.0. The molecule has 21 heavy (non-hydrogen) atoms. The molecule has 1 aliphatic rings. The second kappa shape index (κ2) is 6.40. The molecule has 8 heteroatoms.